The summed E-state index contributed by atoms with van der Waals surface area (Å²) in [5, 5.41) is 8.92. The fourth-order valence-corrected chi connectivity index (χ4v) is 2.26. The number of hydrogen-bond acceptors (Lipinski definition) is 2. The number of carboxylic acid groups (broad SMARTS) is 1. The fourth-order valence-electron chi connectivity index (χ4n) is 2.26. The fraction of sp³-hybridized carbons (Fsp3) is 0.533. The van der Waals surface area contributed by atoms with Crippen LogP contribution in [0.5, 0.6) is 0 Å². The van der Waals surface area contributed by atoms with Crippen LogP contribution < -0.4 is 0 Å². The first-order valence-corrected chi connectivity index (χ1v) is 6.70. The van der Waals surface area contributed by atoms with Gasteiger partial charge in [-0.25, -0.2) is 0 Å². The summed E-state index contributed by atoms with van der Waals surface area (Å²) in [6.07, 6.45) is 2.83. The van der Waals surface area contributed by atoms with E-state index in [1.807, 2.05) is 24.3 Å². The lowest BCUT2D eigenvalue weighted by molar-refractivity contribution is -0.136. The van der Waals surface area contributed by atoms with Crippen molar-refractivity contribution in [2.45, 2.75) is 32.7 Å². The quantitative estimate of drug-likeness (QED) is 0.805. The van der Waals surface area contributed by atoms with Gasteiger partial charge in [0, 0.05) is 13.1 Å². The first-order valence-electron chi connectivity index (χ1n) is 6.70. The van der Waals surface area contributed by atoms with Crippen molar-refractivity contribution in [1.29, 1.82) is 0 Å². The zero-order valence-corrected chi connectivity index (χ0v) is 10.9. The molecular weight excluding hydrogens is 226 g/mol. The Hall–Kier alpha value is -1.35. The molecule has 1 N–H and O–H groups in total. The third-order valence-electron chi connectivity index (χ3n) is 3.51. The van der Waals surface area contributed by atoms with Gasteiger partial charge in [-0.15, -0.1) is 0 Å². The average Bonchev–Trinajstić information content (AvgIpc) is 3.14. The van der Waals surface area contributed by atoms with Crippen molar-refractivity contribution in [3.63, 3.8) is 0 Å². The van der Waals surface area contributed by atoms with Crippen LogP contribution in [0.4, 0.5) is 0 Å². The lowest BCUT2D eigenvalue weighted by Gasteiger charge is -2.21. The van der Waals surface area contributed by atoms with Gasteiger partial charge >= 0.3 is 5.97 Å². The lowest BCUT2D eigenvalue weighted by atomic mass is 10.0. The van der Waals surface area contributed by atoms with Crippen LogP contribution in [0.15, 0.2) is 24.3 Å². The van der Waals surface area contributed by atoms with Crippen LogP contribution in [0.2, 0.25) is 0 Å². The molecule has 1 fully saturated rings. The largest absolute Gasteiger partial charge is 0.481 e. The second-order valence-corrected chi connectivity index (χ2v) is 5.11. The molecule has 3 nitrogen and oxygen atoms in total. The van der Waals surface area contributed by atoms with Crippen LogP contribution in [0.25, 0.3) is 0 Å². The molecule has 0 bridgehead atoms. The normalized spacial score (nSPS) is 15.0. The number of nitrogens with zero attached hydrogens (tertiary/aromatic N) is 1. The van der Waals surface area contributed by atoms with Gasteiger partial charge in [-0.05, 0) is 36.4 Å². The topological polar surface area (TPSA) is 40.5 Å². The third kappa shape index (κ3) is 3.84. The molecule has 1 aromatic carbocycles. The van der Waals surface area contributed by atoms with E-state index in [0.29, 0.717) is 0 Å². The summed E-state index contributed by atoms with van der Waals surface area (Å²) in [7, 11) is 0. The smallest absolute Gasteiger partial charge is 0.307 e. The summed E-state index contributed by atoms with van der Waals surface area (Å²) in [6.45, 7) is 5.22. The van der Waals surface area contributed by atoms with Gasteiger partial charge in [-0.2, -0.15) is 0 Å². The number of benzene rings is 1. The van der Waals surface area contributed by atoms with Gasteiger partial charge in [0.25, 0.3) is 0 Å². The molecular formula is C15H21NO2. The monoisotopic (exact) mass is 247 g/mol. The third-order valence-corrected chi connectivity index (χ3v) is 3.51. The molecule has 1 saturated carbocycles. The Labute approximate surface area is 108 Å². The van der Waals surface area contributed by atoms with Crippen LogP contribution in [-0.2, 0) is 17.8 Å². The summed E-state index contributed by atoms with van der Waals surface area (Å²) in [5.74, 6) is 0.115. The molecule has 1 aliphatic rings. The molecule has 0 aliphatic heterocycles. The SMILES string of the molecule is CCN(Cc1ccccc1CC(=O)O)CC1CC1. The Morgan fingerprint density at radius 3 is 2.56 bits per heavy atom. The summed E-state index contributed by atoms with van der Waals surface area (Å²) in [5.41, 5.74) is 2.10. The highest BCUT2D eigenvalue weighted by molar-refractivity contribution is 5.70. The Morgan fingerprint density at radius 1 is 1.33 bits per heavy atom. The minimum absolute atomic E-state index is 0.122. The number of hydrogen-bond donors (Lipinski definition) is 1. The van der Waals surface area contributed by atoms with Gasteiger partial charge in [0.2, 0.25) is 0 Å². The predicted octanol–water partition coefficient (Wildman–Crippen LogP) is 2.55. The predicted molar refractivity (Wildman–Crippen MR) is 71.5 cm³/mol. The second kappa shape index (κ2) is 6.01. The summed E-state index contributed by atoms with van der Waals surface area (Å²) >= 11 is 0. The zero-order valence-electron chi connectivity index (χ0n) is 10.9. The summed E-state index contributed by atoms with van der Waals surface area (Å²) in [6, 6.07) is 7.88. The highest BCUT2D eigenvalue weighted by atomic mass is 16.4. The van der Waals surface area contributed by atoms with Gasteiger partial charge in [-0.1, -0.05) is 31.2 Å². The maximum atomic E-state index is 10.9. The molecule has 0 unspecified atom stereocenters. The molecule has 98 valence electrons. The molecule has 0 atom stereocenters. The van der Waals surface area contributed by atoms with Gasteiger partial charge in [0.05, 0.1) is 6.42 Å². The molecule has 18 heavy (non-hydrogen) atoms. The van der Waals surface area contributed by atoms with Gasteiger partial charge < -0.3 is 5.11 Å². The van der Waals surface area contributed by atoms with Gasteiger partial charge in [-0.3, -0.25) is 9.69 Å². The molecule has 3 heteroatoms. The van der Waals surface area contributed by atoms with Gasteiger partial charge in [0.1, 0.15) is 0 Å². The highest BCUT2D eigenvalue weighted by Crippen LogP contribution is 2.30. The molecule has 0 radical (unpaired) electrons. The number of carbonyl (C=O) groups is 1. The van der Waals surface area contributed by atoms with E-state index in [9.17, 15) is 4.79 Å². The highest BCUT2D eigenvalue weighted by Gasteiger charge is 2.23. The van der Waals surface area contributed by atoms with Gasteiger partial charge in [0.15, 0.2) is 0 Å². The molecule has 0 spiro atoms. The van der Waals surface area contributed by atoms with E-state index in [1.165, 1.54) is 12.8 Å². The standard InChI is InChI=1S/C15H21NO2/c1-2-16(10-12-7-8-12)11-14-6-4-3-5-13(14)9-15(17)18/h3-6,12H,2,7-11H2,1H3,(H,17,18). The maximum absolute atomic E-state index is 10.9. The Kier molecular flexibility index (Phi) is 4.37. The molecule has 0 amide bonds. The summed E-state index contributed by atoms with van der Waals surface area (Å²) < 4.78 is 0. The van der Waals surface area contributed by atoms with E-state index >= 15 is 0 Å². The van der Waals surface area contributed by atoms with E-state index in [1.54, 1.807) is 0 Å². The van der Waals surface area contributed by atoms with Crippen molar-refractivity contribution in [2.75, 3.05) is 13.1 Å². The van der Waals surface area contributed by atoms with Crippen molar-refractivity contribution in [3.05, 3.63) is 35.4 Å². The minimum Gasteiger partial charge on any atom is -0.481 e. The van der Waals surface area contributed by atoms with E-state index < -0.39 is 5.97 Å². The van der Waals surface area contributed by atoms with Crippen LogP contribution in [0, 0.1) is 5.92 Å². The number of aliphatic carboxylic acids is 1. The Morgan fingerprint density at radius 2 is 2.00 bits per heavy atom. The van der Waals surface area contributed by atoms with E-state index in [2.05, 4.69) is 11.8 Å². The van der Waals surface area contributed by atoms with Crippen molar-refractivity contribution < 1.29 is 9.90 Å². The van der Waals surface area contributed by atoms with Crippen LogP contribution in [0.1, 0.15) is 30.9 Å². The van der Waals surface area contributed by atoms with E-state index in [0.717, 1.165) is 36.7 Å². The van der Waals surface area contributed by atoms with Crippen molar-refractivity contribution in [1.82, 2.24) is 4.90 Å². The molecule has 1 aromatic rings. The van der Waals surface area contributed by atoms with Crippen molar-refractivity contribution in [3.8, 4) is 0 Å². The van der Waals surface area contributed by atoms with E-state index in [-0.39, 0.29) is 6.42 Å². The molecule has 1 aliphatic carbocycles. The molecule has 2 rings (SSSR count). The van der Waals surface area contributed by atoms with E-state index in [4.69, 9.17) is 5.11 Å². The number of rotatable bonds is 7. The molecule has 0 aromatic heterocycles. The molecule has 0 saturated heterocycles. The number of carboxylic acids is 1. The second-order valence-electron chi connectivity index (χ2n) is 5.11. The Bertz CT molecular complexity index is 413. The van der Waals surface area contributed by atoms with Crippen LogP contribution >= 0.6 is 0 Å². The zero-order chi connectivity index (χ0) is 13.0. The first kappa shape index (κ1) is 13.1. The lowest BCUT2D eigenvalue weighted by Crippen LogP contribution is -2.26. The van der Waals surface area contributed by atoms with Crippen LogP contribution in [-0.4, -0.2) is 29.1 Å². The molecule has 0 heterocycles. The minimum atomic E-state index is -0.757. The first-order chi connectivity index (χ1) is 8.69. The Balaban J connectivity index is 2.03. The van der Waals surface area contributed by atoms with Crippen molar-refractivity contribution in [2.24, 2.45) is 5.92 Å². The maximum Gasteiger partial charge on any atom is 0.307 e. The van der Waals surface area contributed by atoms with Crippen molar-refractivity contribution >= 4 is 5.97 Å². The van der Waals surface area contributed by atoms with Crippen LogP contribution in [0.3, 0.4) is 0 Å². The summed E-state index contributed by atoms with van der Waals surface area (Å²) in [4.78, 5) is 13.3. The average molecular weight is 247 g/mol.